The van der Waals surface area contributed by atoms with E-state index in [1.807, 2.05) is 4.68 Å². The van der Waals surface area contributed by atoms with Crippen LogP contribution >= 0.6 is 0 Å². The molecule has 0 spiro atoms. The van der Waals surface area contributed by atoms with E-state index in [4.69, 9.17) is 5.11 Å². The van der Waals surface area contributed by atoms with Gasteiger partial charge in [0.1, 0.15) is 5.52 Å². The summed E-state index contributed by atoms with van der Waals surface area (Å²) < 4.78 is 1.84. The van der Waals surface area contributed by atoms with E-state index in [0.29, 0.717) is 0 Å². The molecule has 96 valence electrons. The van der Waals surface area contributed by atoms with E-state index < -0.39 is 5.97 Å². The molecular formula is C13H17N3O2. The Morgan fingerprint density at radius 3 is 2.61 bits per heavy atom. The van der Waals surface area contributed by atoms with Crippen molar-refractivity contribution in [1.82, 2.24) is 15.0 Å². The average Bonchev–Trinajstić information content (AvgIpc) is 2.81. The van der Waals surface area contributed by atoms with Gasteiger partial charge in [-0.3, -0.25) is 0 Å². The molecule has 1 heterocycles. The lowest BCUT2D eigenvalue weighted by molar-refractivity contribution is 0.0697. The molecule has 5 nitrogen and oxygen atoms in total. The Bertz CT molecular complexity index is 585. The first-order chi connectivity index (χ1) is 8.51. The highest BCUT2D eigenvalue weighted by Crippen LogP contribution is 2.27. The number of carbonyl (C=O) groups is 1. The molecule has 0 aliphatic rings. The summed E-state index contributed by atoms with van der Waals surface area (Å²) in [5.74, 6) is -0.931. The average molecular weight is 247 g/mol. The lowest BCUT2D eigenvalue weighted by atomic mass is 9.95. The fourth-order valence-electron chi connectivity index (χ4n) is 2.00. The topological polar surface area (TPSA) is 68.0 Å². The van der Waals surface area contributed by atoms with E-state index in [0.717, 1.165) is 23.9 Å². The highest BCUT2D eigenvalue weighted by Gasteiger charge is 2.25. The number of carboxylic acids is 1. The minimum absolute atomic E-state index is 0.133. The molecule has 0 fully saturated rings. The van der Waals surface area contributed by atoms with E-state index in [-0.39, 0.29) is 11.1 Å². The van der Waals surface area contributed by atoms with Gasteiger partial charge in [0.05, 0.1) is 16.6 Å². The Morgan fingerprint density at radius 2 is 2.06 bits per heavy atom. The van der Waals surface area contributed by atoms with Gasteiger partial charge in [0.2, 0.25) is 0 Å². The van der Waals surface area contributed by atoms with Crippen LogP contribution < -0.4 is 0 Å². The van der Waals surface area contributed by atoms with E-state index >= 15 is 0 Å². The van der Waals surface area contributed by atoms with Crippen LogP contribution in [0.1, 0.15) is 44.0 Å². The molecule has 0 radical (unpaired) electrons. The van der Waals surface area contributed by atoms with Crippen LogP contribution in [-0.2, 0) is 5.54 Å². The van der Waals surface area contributed by atoms with Crippen molar-refractivity contribution >= 4 is 17.0 Å². The van der Waals surface area contributed by atoms with Crippen molar-refractivity contribution in [2.24, 2.45) is 0 Å². The first kappa shape index (κ1) is 12.5. The molecule has 1 aromatic heterocycles. The van der Waals surface area contributed by atoms with Crippen LogP contribution in [-0.4, -0.2) is 26.1 Å². The summed E-state index contributed by atoms with van der Waals surface area (Å²) in [6.45, 7) is 6.30. The van der Waals surface area contributed by atoms with Gasteiger partial charge in [-0.05, 0) is 38.0 Å². The normalized spacial score (nSPS) is 11.9. The van der Waals surface area contributed by atoms with Crippen molar-refractivity contribution in [3.05, 3.63) is 23.8 Å². The van der Waals surface area contributed by atoms with E-state index in [2.05, 4.69) is 31.1 Å². The van der Waals surface area contributed by atoms with Crippen molar-refractivity contribution in [1.29, 1.82) is 0 Å². The van der Waals surface area contributed by atoms with Gasteiger partial charge in [-0.15, -0.1) is 5.10 Å². The number of hydrogen-bond donors (Lipinski definition) is 1. The number of rotatable bonds is 4. The number of nitrogens with zero attached hydrogens (tertiary/aromatic N) is 3. The lowest BCUT2D eigenvalue weighted by Gasteiger charge is -2.27. The van der Waals surface area contributed by atoms with E-state index in [9.17, 15) is 4.79 Å². The Labute approximate surface area is 105 Å². The van der Waals surface area contributed by atoms with Crippen LogP contribution in [0.3, 0.4) is 0 Å². The Hall–Kier alpha value is -1.91. The zero-order chi connectivity index (χ0) is 13.3. The maximum atomic E-state index is 11.0. The van der Waals surface area contributed by atoms with Gasteiger partial charge in [0.25, 0.3) is 0 Å². The molecule has 0 aliphatic heterocycles. The van der Waals surface area contributed by atoms with Gasteiger partial charge in [0, 0.05) is 0 Å². The fraction of sp³-hybridized carbons (Fsp3) is 0.462. The standard InChI is InChI=1S/C13H17N3O2/c1-4-13(3,5-2)16-11-8-9(12(17)18)6-7-10(11)14-15-16/h6-8H,4-5H2,1-3H3,(H,17,18). The first-order valence-electron chi connectivity index (χ1n) is 6.11. The molecule has 2 rings (SSSR count). The second kappa shape index (κ2) is 4.40. The SMILES string of the molecule is CCC(C)(CC)n1nnc2ccc(C(=O)O)cc21. The summed E-state index contributed by atoms with van der Waals surface area (Å²) in [5.41, 5.74) is 1.64. The first-order valence-corrected chi connectivity index (χ1v) is 6.11. The second-order valence-electron chi connectivity index (χ2n) is 4.71. The summed E-state index contributed by atoms with van der Waals surface area (Å²) in [5, 5.41) is 17.3. The van der Waals surface area contributed by atoms with Gasteiger partial charge < -0.3 is 5.11 Å². The molecule has 5 heteroatoms. The number of carboxylic acid groups (broad SMARTS) is 1. The Kier molecular flexibility index (Phi) is 3.07. The fourth-order valence-corrected chi connectivity index (χ4v) is 2.00. The molecule has 0 bridgehead atoms. The van der Waals surface area contributed by atoms with Gasteiger partial charge in [-0.1, -0.05) is 19.1 Å². The predicted molar refractivity (Wildman–Crippen MR) is 68.7 cm³/mol. The highest BCUT2D eigenvalue weighted by molar-refractivity contribution is 5.92. The predicted octanol–water partition coefficient (Wildman–Crippen LogP) is 2.66. The van der Waals surface area contributed by atoms with Crippen LogP contribution in [0.2, 0.25) is 0 Å². The quantitative estimate of drug-likeness (QED) is 0.901. The van der Waals surface area contributed by atoms with Gasteiger partial charge in [-0.25, -0.2) is 9.48 Å². The number of aromatic nitrogens is 3. The largest absolute Gasteiger partial charge is 0.478 e. The summed E-state index contributed by atoms with van der Waals surface area (Å²) in [7, 11) is 0. The maximum Gasteiger partial charge on any atom is 0.335 e. The molecule has 0 unspecified atom stereocenters. The molecule has 1 N–H and O–H groups in total. The summed E-state index contributed by atoms with van der Waals surface area (Å²) in [6, 6.07) is 4.90. The molecule has 0 amide bonds. The number of fused-ring (bicyclic) bond motifs is 1. The molecule has 18 heavy (non-hydrogen) atoms. The van der Waals surface area contributed by atoms with Crippen LogP contribution in [0.25, 0.3) is 11.0 Å². The lowest BCUT2D eigenvalue weighted by Crippen LogP contribution is -2.29. The Balaban J connectivity index is 2.65. The maximum absolute atomic E-state index is 11.0. The van der Waals surface area contributed by atoms with Crippen LogP contribution in [0.15, 0.2) is 18.2 Å². The third kappa shape index (κ3) is 1.85. The molecule has 0 saturated heterocycles. The molecule has 0 atom stereocenters. The van der Waals surface area contributed by atoms with Crippen LogP contribution in [0, 0.1) is 0 Å². The highest BCUT2D eigenvalue weighted by atomic mass is 16.4. The summed E-state index contributed by atoms with van der Waals surface area (Å²) >= 11 is 0. The van der Waals surface area contributed by atoms with Crippen molar-refractivity contribution < 1.29 is 9.90 Å². The smallest absolute Gasteiger partial charge is 0.335 e. The zero-order valence-electron chi connectivity index (χ0n) is 10.8. The van der Waals surface area contributed by atoms with Gasteiger partial charge >= 0.3 is 5.97 Å². The molecule has 2 aromatic rings. The molecule has 0 saturated carbocycles. The molecule has 0 aliphatic carbocycles. The van der Waals surface area contributed by atoms with Crippen molar-refractivity contribution in [3.63, 3.8) is 0 Å². The van der Waals surface area contributed by atoms with E-state index in [1.54, 1.807) is 18.2 Å². The third-order valence-corrected chi connectivity index (χ3v) is 3.73. The number of aromatic carboxylic acids is 1. The van der Waals surface area contributed by atoms with Crippen molar-refractivity contribution in [2.45, 2.75) is 39.2 Å². The number of hydrogen-bond acceptors (Lipinski definition) is 3. The third-order valence-electron chi connectivity index (χ3n) is 3.73. The van der Waals surface area contributed by atoms with Crippen LogP contribution in [0.5, 0.6) is 0 Å². The Morgan fingerprint density at radius 1 is 1.39 bits per heavy atom. The van der Waals surface area contributed by atoms with Crippen LogP contribution in [0.4, 0.5) is 0 Å². The van der Waals surface area contributed by atoms with E-state index in [1.165, 1.54) is 0 Å². The molecule has 1 aromatic carbocycles. The minimum atomic E-state index is -0.931. The molecular weight excluding hydrogens is 230 g/mol. The monoisotopic (exact) mass is 247 g/mol. The van der Waals surface area contributed by atoms with Gasteiger partial charge in [0.15, 0.2) is 0 Å². The zero-order valence-corrected chi connectivity index (χ0v) is 10.8. The van der Waals surface area contributed by atoms with Crippen molar-refractivity contribution in [2.75, 3.05) is 0 Å². The summed E-state index contributed by atoms with van der Waals surface area (Å²) in [4.78, 5) is 11.0. The summed E-state index contributed by atoms with van der Waals surface area (Å²) in [6.07, 6.45) is 1.83. The second-order valence-corrected chi connectivity index (χ2v) is 4.71. The van der Waals surface area contributed by atoms with Crippen molar-refractivity contribution in [3.8, 4) is 0 Å². The van der Waals surface area contributed by atoms with Gasteiger partial charge in [-0.2, -0.15) is 0 Å². The minimum Gasteiger partial charge on any atom is -0.478 e. The number of benzene rings is 1.